The molecule has 1 aliphatic heterocycles. The Hall–Kier alpha value is -1.16. The van der Waals surface area contributed by atoms with Crippen molar-refractivity contribution < 1.29 is 9.53 Å². The summed E-state index contributed by atoms with van der Waals surface area (Å²) in [7, 11) is 0. The Balaban J connectivity index is 1.78. The maximum Gasteiger partial charge on any atom is 0.410 e. The number of hydrogen-bond acceptors (Lipinski definition) is 3. The Morgan fingerprint density at radius 2 is 2.18 bits per heavy atom. The fraction of sp³-hybridized carbons (Fsp3) is 0.462. The number of hydrogen-bond donors (Lipinski definition) is 1. The number of thiol groups is 1. The van der Waals surface area contributed by atoms with Crippen LogP contribution in [0.4, 0.5) is 4.79 Å². The summed E-state index contributed by atoms with van der Waals surface area (Å²) in [5.74, 6) is 1.35. The van der Waals surface area contributed by atoms with Crippen LogP contribution in [0.15, 0.2) is 30.3 Å². The van der Waals surface area contributed by atoms with Crippen LogP contribution in [0.3, 0.4) is 0 Å². The lowest BCUT2D eigenvalue weighted by molar-refractivity contribution is 0.103. The summed E-state index contributed by atoms with van der Waals surface area (Å²) in [5, 5.41) is 0. The second-order valence-electron chi connectivity index (χ2n) is 4.32. The predicted molar refractivity (Wildman–Crippen MR) is 70.2 cm³/mol. The van der Waals surface area contributed by atoms with E-state index in [9.17, 15) is 4.79 Å². The maximum atomic E-state index is 11.8. The zero-order valence-electron chi connectivity index (χ0n) is 9.71. The van der Waals surface area contributed by atoms with E-state index in [0.29, 0.717) is 12.5 Å². The van der Waals surface area contributed by atoms with E-state index in [1.165, 1.54) is 0 Å². The largest absolute Gasteiger partial charge is 0.445 e. The number of carbonyl (C=O) groups excluding carboxylic acids is 1. The quantitative estimate of drug-likeness (QED) is 0.837. The van der Waals surface area contributed by atoms with Crippen LogP contribution < -0.4 is 0 Å². The van der Waals surface area contributed by atoms with Gasteiger partial charge in [0.2, 0.25) is 0 Å². The summed E-state index contributed by atoms with van der Waals surface area (Å²) < 4.78 is 5.27. The zero-order valence-corrected chi connectivity index (χ0v) is 10.6. The second-order valence-corrected chi connectivity index (χ2v) is 4.69. The lowest BCUT2D eigenvalue weighted by atomic mass is 10.2. The molecule has 1 saturated heterocycles. The van der Waals surface area contributed by atoms with Gasteiger partial charge >= 0.3 is 6.09 Å². The van der Waals surface area contributed by atoms with Crippen molar-refractivity contribution in [2.75, 3.05) is 18.8 Å². The molecule has 1 atom stereocenters. The molecular weight excluding hydrogens is 234 g/mol. The molecule has 2 rings (SSSR count). The Labute approximate surface area is 107 Å². The maximum absolute atomic E-state index is 11.8. The predicted octanol–water partition coefficient (Wildman–Crippen LogP) is 2.57. The van der Waals surface area contributed by atoms with Gasteiger partial charge in [0.05, 0.1) is 0 Å². The molecule has 0 bridgehead atoms. The molecule has 0 saturated carbocycles. The van der Waals surface area contributed by atoms with Crippen molar-refractivity contribution in [1.29, 1.82) is 0 Å². The lowest BCUT2D eigenvalue weighted by Gasteiger charge is -2.15. The lowest BCUT2D eigenvalue weighted by Crippen LogP contribution is -2.29. The molecule has 4 heteroatoms. The molecule has 1 aromatic rings. The molecule has 0 spiro atoms. The molecule has 0 N–H and O–H groups in total. The third-order valence-electron chi connectivity index (χ3n) is 3.01. The van der Waals surface area contributed by atoms with Gasteiger partial charge in [-0.3, -0.25) is 0 Å². The minimum atomic E-state index is -0.210. The minimum absolute atomic E-state index is 0.210. The molecule has 1 amide bonds. The van der Waals surface area contributed by atoms with Gasteiger partial charge in [0.1, 0.15) is 6.61 Å². The smallest absolute Gasteiger partial charge is 0.410 e. The first-order valence-electron chi connectivity index (χ1n) is 5.86. The first kappa shape index (κ1) is 12.3. The van der Waals surface area contributed by atoms with Crippen molar-refractivity contribution >= 4 is 18.7 Å². The van der Waals surface area contributed by atoms with Crippen LogP contribution >= 0.6 is 12.6 Å². The Bertz CT molecular complexity index is 369. The number of carbonyl (C=O) groups is 1. The third-order valence-corrected chi connectivity index (χ3v) is 3.52. The monoisotopic (exact) mass is 251 g/mol. The Morgan fingerprint density at radius 3 is 2.82 bits per heavy atom. The highest BCUT2D eigenvalue weighted by Crippen LogP contribution is 2.18. The van der Waals surface area contributed by atoms with Crippen LogP contribution in [-0.2, 0) is 11.3 Å². The number of benzene rings is 1. The molecule has 1 fully saturated rings. The van der Waals surface area contributed by atoms with E-state index in [4.69, 9.17) is 4.74 Å². The van der Waals surface area contributed by atoms with Crippen LogP contribution in [0.1, 0.15) is 12.0 Å². The van der Waals surface area contributed by atoms with E-state index in [2.05, 4.69) is 12.6 Å². The van der Waals surface area contributed by atoms with Crippen molar-refractivity contribution in [3.8, 4) is 0 Å². The first-order valence-corrected chi connectivity index (χ1v) is 6.49. The van der Waals surface area contributed by atoms with E-state index < -0.39 is 0 Å². The molecule has 92 valence electrons. The minimum Gasteiger partial charge on any atom is -0.445 e. The van der Waals surface area contributed by atoms with Gasteiger partial charge in [-0.25, -0.2) is 4.79 Å². The fourth-order valence-corrected chi connectivity index (χ4v) is 2.26. The SMILES string of the molecule is O=C(OCc1ccccc1)N1CC[C@H](CS)C1. The molecule has 0 radical (unpaired) electrons. The van der Waals surface area contributed by atoms with Crippen LogP contribution in [0, 0.1) is 5.92 Å². The Kier molecular flexibility index (Phi) is 4.31. The molecule has 3 nitrogen and oxygen atoms in total. The number of likely N-dealkylation sites (tertiary alicyclic amines) is 1. The van der Waals surface area contributed by atoms with Crippen molar-refractivity contribution in [3.63, 3.8) is 0 Å². The molecule has 1 aromatic carbocycles. The number of rotatable bonds is 3. The van der Waals surface area contributed by atoms with Crippen LogP contribution in [0.5, 0.6) is 0 Å². The first-order chi connectivity index (χ1) is 8.29. The summed E-state index contributed by atoms with van der Waals surface area (Å²) in [6.45, 7) is 1.91. The summed E-state index contributed by atoms with van der Waals surface area (Å²) in [6.07, 6.45) is 0.822. The third kappa shape index (κ3) is 3.40. The number of amides is 1. The van der Waals surface area contributed by atoms with E-state index in [0.717, 1.165) is 30.8 Å². The van der Waals surface area contributed by atoms with Gasteiger partial charge in [-0.05, 0) is 23.7 Å². The summed E-state index contributed by atoms with van der Waals surface area (Å²) >= 11 is 4.26. The van der Waals surface area contributed by atoms with E-state index in [-0.39, 0.29) is 6.09 Å². The van der Waals surface area contributed by atoms with Gasteiger partial charge in [-0.1, -0.05) is 30.3 Å². The van der Waals surface area contributed by atoms with Crippen LogP contribution in [-0.4, -0.2) is 29.8 Å². The molecular formula is C13H17NO2S. The molecule has 0 aromatic heterocycles. The standard InChI is InChI=1S/C13H17NO2S/c15-13(14-7-6-12(8-14)10-17)16-9-11-4-2-1-3-5-11/h1-5,12,17H,6-10H2/t12-/m0/s1. The van der Waals surface area contributed by atoms with Crippen LogP contribution in [0.25, 0.3) is 0 Å². The van der Waals surface area contributed by atoms with Crippen molar-refractivity contribution in [2.24, 2.45) is 5.92 Å². The van der Waals surface area contributed by atoms with Gasteiger partial charge in [-0.2, -0.15) is 12.6 Å². The van der Waals surface area contributed by atoms with Crippen molar-refractivity contribution in [3.05, 3.63) is 35.9 Å². The van der Waals surface area contributed by atoms with Gasteiger partial charge in [0.25, 0.3) is 0 Å². The molecule has 1 heterocycles. The summed E-state index contributed by atoms with van der Waals surface area (Å²) in [5.41, 5.74) is 1.02. The van der Waals surface area contributed by atoms with Crippen molar-refractivity contribution in [1.82, 2.24) is 4.90 Å². The highest BCUT2D eigenvalue weighted by atomic mass is 32.1. The zero-order chi connectivity index (χ0) is 12.1. The average molecular weight is 251 g/mol. The van der Waals surface area contributed by atoms with E-state index in [1.807, 2.05) is 30.3 Å². The average Bonchev–Trinajstić information content (AvgIpc) is 2.86. The molecule has 0 unspecified atom stereocenters. The normalized spacial score (nSPS) is 19.4. The second kappa shape index (κ2) is 5.96. The number of nitrogens with zero attached hydrogens (tertiary/aromatic N) is 1. The van der Waals surface area contributed by atoms with Gasteiger partial charge in [0, 0.05) is 13.1 Å². The highest BCUT2D eigenvalue weighted by molar-refractivity contribution is 7.80. The topological polar surface area (TPSA) is 29.5 Å². The van der Waals surface area contributed by atoms with Crippen LogP contribution in [0.2, 0.25) is 0 Å². The van der Waals surface area contributed by atoms with Crippen molar-refractivity contribution in [2.45, 2.75) is 13.0 Å². The van der Waals surface area contributed by atoms with E-state index >= 15 is 0 Å². The molecule has 0 aliphatic carbocycles. The summed E-state index contributed by atoms with van der Waals surface area (Å²) in [6, 6.07) is 9.73. The van der Waals surface area contributed by atoms with Gasteiger partial charge in [0.15, 0.2) is 0 Å². The highest BCUT2D eigenvalue weighted by Gasteiger charge is 2.26. The summed E-state index contributed by atoms with van der Waals surface area (Å²) in [4.78, 5) is 13.5. The van der Waals surface area contributed by atoms with Gasteiger partial charge < -0.3 is 9.64 Å². The molecule has 1 aliphatic rings. The number of ether oxygens (including phenoxy) is 1. The van der Waals surface area contributed by atoms with Gasteiger partial charge in [-0.15, -0.1) is 0 Å². The van der Waals surface area contributed by atoms with E-state index in [1.54, 1.807) is 4.90 Å². The molecule has 17 heavy (non-hydrogen) atoms. The Morgan fingerprint density at radius 1 is 1.41 bits per heavy atom. The fourth-order valence-electron chi connectivity index (χ4n) is 1.96.